The average Bonchev–Trinajstić information content (AvgIpc) is 2.73. The summed E-state index contributed by atoms with van der Waals surface area (Å²) in [5.74, 6) is -0.394. The van der Waals surface area contributed by atoms with Crippen LogP contribution in [0.2, 0.25) is 0 Å². The van der Waals surface area contributed by atoms with E-state index in [-0.39, 0.29) is 6.29 Å². The van der Waals surface area contributed by atoms with Crippen LogP contribution in [-0.4, -0.2) is 33.0 Å². The van der Waals surface area contributed by atoms with Gasteiger partial charge in [0.2, 0.25) is 5.91 Å². The van der Waals surface area contributed by atoms with Crippen molar-refractivity contribution < 1.29 is 14.3 Å². The monoisotopic (exact) mass is 244 g/mol. The van der Waals surface area contributed by atoms with E-state index in [1.54, 1.807) is 25.7 Å². The molecule has 0 unspecified atom stereocenters. The van der Waals surface area contributed by atoms with Crippen LogP contribution in [0.5, 0.6) is 0 Å². The fourth-order valence-electron chi connectivity index (χ4n) is 1.18. The maximum absolute atomic E-state index is 10.9. The molecule has 0 aliphatic rings. The van der Waals surface area contributed by atoms with Crippen molar-refractivity contribution >= 4 is 17.2 Å². The smallest absolute Gasteiger partial charge is 0.249 e. The predicted molar refractivity (Wildman–Crippen MR) is 62.3 cm³/mol. The molecule has 16 heavy (non-hydrogen) atoms. The van der Waals surface area contributed by atoms with Gasteiger partial charge in [-0.25, -0.2) is 0 Å². The largest absolute Gasteiger partial charge is 0.366 e. The number of hydrogen-bond donors (Lipinski definition) is 2. The number of primary amides is 1. The number of ether oxygens (including phenoxy) is 2. The highest BCUT2D eigenvalue weighted by Gasteiger charge is 2.06. The molecule has 1 heterocycles. The molecule has 0 saturated carbocycles. The van der Waals surface area contributed by atoms with Crippen molar-refractivity contribution in [2.45, 2.75) is 12.8 Å². The molecule has 0 bridgehead atoms. The van der Waals surface area contributed by atoms with Gasteiger partial charge in [0.15, 0.2) is 6.29 Å². The van der Waals surface area contributed by atoms with Crippen molar-refractivity contribution in [2.75, 3.05) is 20.8 Å². The number of thiophene rings is 1. The number of nitrogens with one attached hydrogen (secondary N) is 1. The summed E-state index contributed by atoms with van der Waals surface area (Å²) in [5, 5.41) is 4.92. The van der Waals surface area contributed by atoms with Gasteiger partial charge in [0.05, 0.1) is 5.56 Å². The minimum absolute atomic E-state index is 0.254. The van der Waals surface area contributed by atoms with Crippen LogP contribution in [0.3, 0.4) is 0 Å². The van der Waals surface area contributed by atoms with Crippen molar-refractivity contribution in [3.05, 3.63) is 21.9 Å². The van der Waals surface area contributed by atoms with Crippen LogP contribution in [0, 0.1) is 0 Å². The maximum atomic E-state index is 10.9. The van der Waals surface area contributed by atoms with Gasteiger partial charge < -0.3 is 20.5 Å². The Bertz CT molecular complexity index is 337. The van der Waals surface area contributed by atoms with E-state index in [1.807, 2.05) is 0 Å². The Labute approximate surface area is 98.5 Å². The van der Waals surface area contributed by atoms with Crippen molar-refractivity contribution in [1.82, 2.24) is 5.32 Å². The van der Waals surface area contributed by atoms with Crippen molar-refractivity contribution in [2.24, 2.45) is 5.73 Å². The molecular weight excluding hydrogens is 228 g/mol. The van der Waals surface area contributed by atoms with E-state index in [2.05, 4.69) is 5.32 Å². The van der Waals surface area contributed by atoms with E-state index in [0.717, 1.165) is 4.88 Å². The molecule has 1 amide bonds. The second-order valence-corrected chi connectivity index (χ2v) is 4.19. The first-order chi connectivity index (χ1) is 7.67. The number of carbonyl (C=O) groups excluding carboxylic acids is 1. The first-order valence-corrected chi connectivity index (χ1v) is 5.69. The summed E-state index contributed by atoms with van der Waals surface area (Å²) in [6, 6.07) is 1.79. The zero-order valence-electron chi connectivity index (χ0n) is 9.36. The molecule has 0 aromatic carbocycles. The Morgan fingerprint density at radius 3 is 2.75 bits per heavy atom. The van der Waals surface area contributed by atoms with Crippen LogP contribution in [0.15, 0.2) is 11.4 Å². The van der Waals surface area contributed by atoms with Crippen LogP contribution in [-0.2, 0) is 16.0 Å². The second kappa shape index (κ2) is 6.59. The maximum Gasteiger partial charge on any atom is 0.249 e. The summed E-state index contributed by atoms with van der Waals surface area (Å²) < 4.78 is 10.1. The fraction of sp³-hybridized carbons (Fsp3) is 0.500. The molecule has 0 aliphatic carbocycles. The molecule has 1 rings (SSSR count). The number of hydrogen-bond acceptors (Lipinski definition) is 5. The summed E-state index contributed by atoms with van der Waals surface area (Å²) >= 11 is 1.50. The lowest BCUT2D eigenvalue weighted by atomic mass is 10.3. The molecule has 6 heteroatoms. The van der Waals surface area contributed by atoms with E-state index < -0.39 is 5.91 Å². The number of nitrogens with two attached hydrogens (primary N) is 1. The van der Waals surface area contributed by atoms with E-state index in [1.165, 1.54) is 11.3 Å². The number of carbonyl (C=O) groups is 1. The Morgan fingerprint density at radius 1 is 1.56 bits per heavy atom. The number of amides is 1. The number of methoxy groups -OCH3 is 2. The van der Waals surface area contributed by atoms with E-state index in [4.69, 9.17) is 15.2 Å². The third-order valence-electron chi connectivity index (χ3n) is 2.07. The van der Waals surface area contributed by atoms with E-state index >= 15 is 0 Å². The molecule has 5 nitrogen and oxygen atoms in total. The van der Waals surface area contributed by atoms with Gasteiger partial charge in [-0.1, -0.05) is 0 Å². The quantitative estimate of drug-likeness (QED) is 0.687. The standard InChI is InChI=1S/C10H16N2O3S/c1-14-9(15-2)5-12-4-8-3-7(6-16-8)10(11)13/h3,6,9,12H,4-5H2,1-2H3,(H2,11,13). The van der Waals surface area contributed by atoms with Crippen LogP contribution in [0.4, 0.5) is 0 Å². The predicted octanol–water partition coefficient (Wildman–Crippen LogP) is 0.556. The van der Waals surface area contributed by atoms with Crippen molar-refractivity contribution in [3.8, 4) is 0 Å². The van der Waals surface area contributed by atoms with Crippen molar-refractivity contribution in [1.29, 1.82) is 0 Å². The Kier molecular flexibility index (Phi) is 5.41. The highest BCUT2D eigenvalue weighted by Crippen LogP contribution is 2.13. The van der Waals surface area contributed by atoms with Gasteiger partial charge in [-0.05, 0) is 6.07 Å². The summed E-state index contributed by atoms with van der Waals surface area (Å²) in [5.41, 5.74) is 5.71. The lowest BCUT2D eigenvalue weighted by Crippen LogP contribution is -2.29. The van der Waals surface area contributed by atoms with E-state index in [0.29, 0.717) is 18.7 Å². The molecule has 90 valence electrons. The second-order valence-electron chi connectivity index (χ2n) is 3.20. The summed E-state index contributed by atoms with van der Waals surface area (Å²) in [7, 11) is 3.18. The number of rotatable bonds is 7. The van der Waals surface area contributed by atoms with Gasteiger partial charge in [0.1, 0.15) is 0 Å². The molecule has 0 saturated heterocycles. The molecular formula is C10H16N2O3S. The van der Waals surface area contributed by atoms with Gasteiger partial charge in [-0.2, -0.15) is 0 Å². The van der Waals surface area contributed by atoms with Crippen LogP contribution in [0.1, 0.15) is 15.2 Å². The normalized spacial score (nSPS) is 10.9. The lowest BCUT2D eigenvalue weighted by Gasteiger charge is -2.13. The minimum atomic E-state index is -0.394. The Morgan fingerprint density at radius 2 is 2.25 bits per heavy atom. The lowest BCUT2D eigenvalue weighted by molar-refractivity contribution is -0.0988. The van der Waals surface area contributed by atoms with Crippen molar-refractivity contribution in [3.63, 3.8) is 0 Å². The first kappa shape index (κ1) is 13.1. The third kappa shape index (κ3) is 3.90. The zero-order chi connectivity index (χ0) is 12.0. The van der Waals surface area contributed by atoms with Gasteiger partial charge >= 0.3 is 0 Å². The van der Waals surface area contributed by atoms with Gasteiger partial charge in [0.25, 0.3) is 0 Å². The fourth-order valence-corrected chi connectivity index (χ4v) is 2.02. The highest BCUT2D eigenvalue weighted by atomic mass is 32.1. The average molecular weight is 244 g/mol. The first-order valence-electron chi connectivity index (χ1n) is 4.81. The molecule has 1 aromatic heterocycles. The van der Waals surface area contributed by atoms with Gasteiger partial charge in [0, 0.05) is 37.6 Å². The van der Waals surface area contributed by atoms with Gasteiger partial charge in [-0.15, -0.1) is 11.3 Å². The molecule has 0 radical (unpaired) electrons. The van der Waals surface area contributed by atoms with Gasteiger partial charge in [-0.3, -0.25) is 4.79 Å². The zero-order valence-corrected chi connectivity index (χ0v) is 10.2. The summed E-state index contributed by atoms with van der Waals surface area (Å²) in [4.78, 5) is 11.9. The van der Waals surface area contributed by atoms with Crippen LogP contribution >= 0.6 is 11.3 Å². The molecule has 3 N–H and O–H groups in total. The molecule has 0 spiro atoms. The summed E-state index contributed by atoms with van der Waals surface area (Å²) in [6.07, 6.45) is -0.254. The molecule has 1 aromatic rings. The van der Waals surface area contributed by atoms with E-state index in [9.17, 15) is 4.79 Å². The SMILES string of the molecule is COC(CNCc1cc(C(N)=O)cs1)OC. The third-order valence-corrected chi connectivity index (χ3v) is 3.01. The molecule has 0 atom stereocenters. The topological polar surface area (TPSA) is 73.6 Å². The molecule has 0 aliphatic heterocycles. The summed E-state index contributed by atoms with van der Waals surface area (Å²) in [6.45, 7) is 1.26. The van der Waals surface area contributed by atoms with Crippen LogP contribution < -0.4 is 11.1 Å². The minimum Gasteiger partial charge on any atom is -0.366 e. The van der Waals surface area contributed by atoms with Crippen LogP contribution in [0.25, 0.3) is 0 Å². The Balaban J connectivity index is 2.34. The highest BCUT2D eigenvalue weighted by molar-refractivity contribution is 7.10. The molecule has 0 fully saturated rings. The Hall–Kier alpha value is -0.950.